The van der Waals surface area contributed by atoms with E-state index in [1.165, 1.54) is 6.07 Å². The van der Waals surface area contributed by atoms with Gasteiger partial charge in [0.2, 0.25) is 5.89 Å². The molecule has 0 aliphatic heterocycles. The molecule has 0 aliphatic carbocycles. The van der Waals surface area contributed by atoms with E-state index in [1.54, 1.807) is 19.3 Å². The number of rotatable bonds is 3. The van der Waals surface area contributed by atoms with Gasteiger partial charge in [-0.15, -0.1) is 0 Å². The largest absolute Gasteiger partial charge is 0.441 e. The van der Waals surface area contributed by atoms with Gasteiger partial charge in [-0.05, 0) is 32.0 Å². The number of imidazole rings is 1. The lowest BCUT2D eigenvalue weighted by Gasteiger charge is -2.06. The van der Waals surface area contributed by atoms with Gasteiger partial charge in [0.05, 0.1) is 24.1 Å². The summed E-state index contributed by atoms with van der Waals surface area (Å²) in [7, 11) is 0. The SMILES string of the molecule is Cc1cn(Cc2nc(-c3cccc(C(F)(F)F)c3)oc2C)cn1. The van der Waals surface area contributed by atoms with Crippen LogP contribution in [-0.2, 0) is 12.7 Å². The molecule has 0 radical (unpaired) electrons. The van der Waals surface area contributed by atoms with Crippen LogP contribution in [-0.4, -0.2) is 14.5 Å². The van der Waals surface area contributed by atoms with Gasteiger partial charge in [-0.3, -0.25) is 0 Å². The lowest BCUT2D eigenvalue weighted by molar-refractivity contribution is -0.137. The Morgan fingerprint density at radius 1 is 1.22 bits per heavy atom. The van der Waals surface area contributed by atoms with Crippen LogP contribution in [0.3, 0.4) is 0 Å². The number of alkyl halides is 3. The van der Waals surface area contributed by atoms with E-state index < -0.39 is 11.7 Å². The first kappa shape index (κ1) is 15.3. The lowest BCUT2D eigenvalue weighted by Crippen LogP contribution is -2.04. The summed E-state index contributed by atoms with van der Waals surface area (Å²) in [5.74, 6) is 0.754. The Hall–Kier alpha value is -2.57. The first-order valence-electron chi connectivity index (χ1n) is 6.95. The van der Waals surface area contributed by atoms with Gasteiger partial charge >= 0.3 is 6.18 Å². The summed E-state index contributed by atoms with van der Waals surface area (Å²) in [6.07, 6.45) is -0.861. The van der Waals surface area contributed by atoms with E-state index >= 15 is 0 Å². The van der Waals surface area contributed by atoms with Gasteiger partial charge in [-0.2, -0.15) is 13.2 Å². The highest BCUT2D eigenvalue weighted by atomic mass is 19.4. The minimum absolute atomic E-state index is 0.181. The summed E-state index contributed by atoms with van der Waals surface area (Å²) in [6.45, 7) is 4.07. The summed E-state index contributed by atoms with van der Waals surface area (Å²) in [6, 6.07) is 4.95. The minimum Gasteiger partial charge on any atom is -0.441 e. The highest BCUT2D eigenvalue weighted by Gasteiger charge is 2.30. The molecule has 0 bridgehead atoms. The number of nitrogens with zero attached hydrogens (tertiary/aromatic N) is 3. The molecule has 0 N–H and O–H groups in total. The van der Waals surface area contributed by atoms with Crippen LogP contribution in [0, 0.1) is 13.8 Å². The predicted octanol–water partition coefficient (Wildman–Crippen LogP) is 4.22. The number of aromatic nitrogens is 3. The van der Waals surface area contributed by atoms with Crippen LogP contribution in [0.2, 0.25) is 0 Å². The van der Waals surface area contributed by atoms with Crippen molar-refractivity contribution in [3.8, 4) is 11.5 Å². The van der Waals surface area contributed by atoms with E-state index in [0.29, 0.717) is 23.6 Å². The van der Waals surface area contributed by atoms with Crippen molar-refractivity contribution in [1.29, 1.82) is 0 Å². The summed E-state index contributed by atoms with van der Waals surface area (Å²) < 4.78 is 45.8. The highest BCUT2D eigenvalue weighted by Crippen LogP contribution is 2.32. The Kier molecular flexibility index (Phi) is 3.71. The molecule has 0 fully saturated rings. The number of halogens is 3. The van der Waals surface area contributed by atoms with Crippen molar-refractivity contribution in [3.05, 3.63) is 59.5 Å². The van der Waals surface area contributed by atoms with Gasteiger partial charge in [0.15, 0.2) is 0 Å². The van der Waals surface area contributed by atoms with Gasteiger partial charge in [-0.25, -0.2) is 9.97 Å². The van der Waals surface area contributed by atoms with Gasteiger partial charge in [0.25, 0.3) is 0 Å². The van der Waals surface area contributed by atoms with Gasteiger partial charge in [-0.1, -0.05) is 6.07 Å². The normalized spacial score (nSPS) is 11.9. The van der Waals surface area contributed by atoms with Crippen molar-refractivity contribution in [2.24, 2.45) is 0 Å². The molecule has 1 aromatic carbocycles. The molecule has 3 rings (SSSR count). The first-order valence-corrected chi connectivity index (χ1v) is 6.95. The molecule has 0 atom stereocenters. The summed E-state index contributed by atoms with van der Waals surface area (Å²) in [5, 5.41) is 0. The fourth-order valence-corrected chi connectivity index (χ4v) is 2.26. The molecule has 23 heavy (non-hydrogen) atoms. The molecule has 0 saturated heterocycles. The van der Waals surface area contributed by atoms with Gasteiger partial charge in [0, 0.05) is 11.8 Å². The van der Waals surface area contributed by atoms with Crippen molar-refractivity contribution < 1.29 is 17.6 Å². The molecule has 0 saturated carbocycles. The maximum Gasteiger partial charge on any atom is 0.416 e. The Labute approximate surface area is 130 Å². The van der Waals surface area contributed by atoms with Gasteiger partial charge < -0.3 is 8.98 Å². The second kappa shape index (κ2) is 5.57. The molecule has 7 heteroatoms. The second-order valence-corrected chi connectivity index (χ2v) is 5.29. The molecule has 0 spiro atoms. The molecular formula is C16H14F3N3O. The molecule has 2 aromatic heterocycles. The molecule has 3 aromatic rings. The van der Waals surface area contributed by atoms with Gasteiger partial charge in [0.1, 0.15) is 11.5 Å². The summed E-state index contributed by atoms with van der Waals surface area (Å²) >= 11 is 0. The van der Waals surface area contributed by atoms with Crippen molar-refractivity contribution in [3.63, 3.8) is 0 Å². The number of hydrogen-bond acceptors (Lipinski definition) is 3. The van der Waals surface area contributed by atoms with Crippen molar-refractivity contribution in [2.45, 2.75) is 26.6 Å². The summed E-state index contributed by atoms with van der Waals surface area (Å²) in [5.41, 5.74) is 1.12. The zero-order valence-corrected chi connectivity index (χ0v) is 12.6. The lowest BCUT2D eigenvalue weighted by atomic mass is 10.1. The number of oxazole rings is 1. The zero-order chi connectivity index (χ0) is 16.6. The fraction of sp³-hybridized carbons (Fsp3) is 0.250. The number of benzene rings is 1. The van der Waals surface area contributed by atoms with E-state index in [4.69, 9.17) is 4.42 Å². The Morgan fingerprint density at radius 2 is 2.00 bits per heavy atom. The molecule has 0 amide bonds. The van der Waals surface area contributed by atoms with Crippen LogP contribution in [0.1, 0.15) is 22.7 Å². The van der Waals surface area contributed by atoms with E-state index in [2.05, 4.69) is 9.97 Å². The van der Waals surface area contributed by atoms with Crippen molar-refractivity contribution in [2.75, 3.05) is 0 Å². The molecule has 2 heterocycles. The van der Waals surface area contributed by atoms with Crippen LogP contribution < -0.4 is 0 Å². The molecule has 4 nitrogen and oxygen atoms in total. The smallest absolute Gasteiger partial charge is 0.416 e. The van der Waals surface area contributed by atoms with E-state index in [1.807, 2.05) is 17.7 Å². The van der Waals surface area contributed by atoms with Crippen molar-refractivity contribution in [1.82, 2.24) is 14.5 Å². The minimum atomic E-state index is -4.39. The molecular weight excluding hydrogens is 307 g/mol. The van der Waals surface area contributed by atoms with E-state index in [-0.39, 0.29) is 5.89 Å². The average molecular weight is 321 g/mol. The van der Waals surface area contributed by atoms with Crippen molar-refractivity contribution >= 4 is 0 Å². The monoisotopic (exact) mass is 321 g/mol. The Bertz CT molecular complexity index is 833. The third-order valence-electron chi connectivity index (χ3n) is 3.42. The standard InChI is InChI=1S/C16H14F3N3O/c1-10-7-22(9-20-10)8-14-11(2)23-15(21-14)12-4-3-5-13(6-12)16(17,18)19/h3-7,9H,8H2,1-2H3. The molecule has 0 aliphatic rings. The van der Waals surface area contributed by atoms with E-state index in [0.717, 1.165) is 17.8 Å². The van der Waals surface area contributed by atoms with Crippen LogP contribution in [0.5, 0.6) is 0 Å². The van der Waals surface area contributed by atoms with Crippen LogP contribution >= 0.6 is 0 Å². The molecule has 0 unspecified atom stereocenters. The quantitative estimate of drug-likeness (QED) is 0.725. The second-order valence-electron chi connectivity index (χ2n) is 5.29. The highest BCUT2D eigenvalue weighted by molar-refractivity contribution is 5.55. The summed E-state index contributed by atoms with van der Waals surface area (Å²) in [4.78, 5) is 8.45. The topological polar surface area (TPSA) is 43.9 Å². The number of aryl methyl sites for hydroxylation is 2. The number of hydrogen-bond donors (Lipinski definition) is 0. The Morgan fingerprint density at radius 3 is 2.65 bits per heavy atom. The third kappa shape index (κ3) is 3.28. The molecule has 120 valence electrons. The predicted molar refractivity (Wildman–Crippen MR) is 77.7 cm³/mol. The maximum absolute atomic E-state index is 12.8. The van der Waals surface area contributed by atoms with Crippen LogP contribution in [0.25, 0.3) is 11.5 Å². The van der Waals surface area contributed by atoms with E-state index in [9.17, 15) is 13.2 Å². The Balaban J connectivity index is 1.91. The zero-order valence-electron chi connectivity index (χ0n) is 12.6. The van der Waals surface area contributed by atoms with Crippen LogP contribution in [0.4, 0.5) is 13.2 Å². The van der Waals surface area contributed by atoms with Crippen LogP contribution in [0.15, 0.2) is 41.2 Å². The first-order chi connectivity index (χ1) is 10.8. The maximum atomic E-state index is 12.8. The fourth-order valence-electron chi connectivity index (χ4n) is 2.26. The average Bonchev–Trinajstić information content (AvgIpc) is 3.05. The third-order valence-corrected chi connectivity index (χ3v) is 3.42.